The summed E-state index contributed by atoms with van der Waals surface area (Å²) >= 11 is 1.65. The van der Waals surface area contributed by atoms with Gasteiger partial charge in [-0.05, 0) is 30.7 Å². The van der Waals surface area contributed by atoms with Crippen molar-refractivity contribution in [2.75, 3.05) is 11.1 Å². The van der Waals surface area contributed by atoms with Crippen LogP contribution in [-0.4, -0.2) is 21.8 Å². The summed E-state index contributed by atoms with van der Waals surface area (Å²) < 4.78 is 0. The van der Waals surface area contributed by atoms with Crippen molar-refractivity contribution in [1.82, 2.24) is 9.97 Å². The second-order valence-electron chi connectivity index (χ2n) is 6.73. The molecule has 5 heteroatoms. The molecule has 130 valence electrons. The molecular weight excluding hydrogens is 328 g/mol. The lowest BCUT2D eigenvalue weighted by atomic mass is 9.99. The lowest BCUT2D eigenvalue weighted by Crippen LogP contribution is -2.08. The van der Waals surface area contributed by atoms with Gasteiger partial charge in [-0.2, -0.15) is 5.26 Å². The second-order valence-corrected chi connectivity index (χ2v) is 7.80. The summed E-state index contributed by atoms with van der Waals surface area (Å²) in [7, 11) is 0. The van der Waals surface area contributed by atoms with Gasteiger partial charge in [-0.3, -0.25) is 0 Å². The highest BCUT2D eigenvalue weighted by molar-refractivity contribution is 7.99. The summed E-state index contributed by atoms with van der Waals surface area (Å²) in [5.74, 6) is 2.14. The Morgan fingerprint density at radius 3 is 2.52 bits per heavy atom. The molecule has 1 saturated carbocycles. The van der Waals surface area contributed by atoms with Gasteiger partial charge in [0.15, 0.2) is 5.16 Å². The van der Waals surface area contributed by atoms with Crippen molar-refractivity contribution in [1.29, 1.82) is 5.26 Å². The van der Waals surface area contributed by atoms with Crippen molar-refractivity contribution in [3.63, 3.8) is 0 Å². The van der Waals surface area contributed by atoms with E-state index in [4.69, 9.17) is 4.98 Å². The lowest BCUT2D eigenvalue weighted by molar-refractivity contribution is 0.866. The first-order valence-electron chi connectivity index (χ1n) is 8.94. The molecule has 0 atom stereocenters. The number of hydrogen-bond donors (Lipinski definition) is 1. The molecule has 25 heavy (non-hydrogen) atoms. The highest BCUT2D eigenvalue weighted by atomic mass is 32.2. The minimum absolute atomic E-state index is 0.446. The van der Waals surface area contributed by atoms with Crippen LogP contribution in [0, 0.1) is 11.3 Å². The first kappa shape index (κ1) is 17.8. The largest absolute Gasteiger partial charge is 0.366 e. The van der Waals surface area contributed by atoms with Crippen molar-refractivity contribution in [2.45, 2.75) is 57.1 Å². The van der Waals surface area contributed by atoms with Crippen LogP contribution >= 0.6 is 11.8 Å². The highest BCUT2D eigenvalue weighted by Crippen LogP contribution is 2.32. The van der Waals surface area contributed by atoms with Crippen molar-refractivity contribution >= 4 is 17.6 Å². The van der Waals surface area contributed by atoms with Crippen molar-refractivity contribution < 1.29 is 0 Å². The zero-order valence-corrected chi connectivity index (χ0v) is 15.9. The molecule has 0 bridgehead atoms. The fraction of sp³-hybridized carbons (Fsp3) is 0.450. The molecular formula is C20H24N4S. The molecule has 2 aromatic rings. The Morgan fingerprint density at radius 1 is 1.24 bits per heavy atom. The Hall–Kier alpha value is -2.06. The number of anilines is 1. The van der Waals surface area contributed by atoms with Gasteiger partial charge in [0.1, 0.15) is 17.5 Å². The monoisotopic (exact) mass is 352 g/mol. The van der Waals surface area contributed by atoms with Crippen LogP contribution in [0.25, 0.3) is 11.3 Å². The van der Waals surface area contributed by atoms with E-state index in [0.717, 1.165) is 41.4 Å². The van der Waals surface area contributed by atoms with Crippen LogP contribution < -0.4 is 5.32 Å². The highest BCUT2D eigenvalue weighted by Gasteiger charge is 2.25. The minimum Gasteiger partial charge on any atom is -0.366 e. The van der Waals surface area contributed by atoms with Crippen LogP contribution in [0.3, 0.4) is 0 Å². The summed E-state index contributed by atoms with van der Waals surface area (Å²) in [4.78, 5) is 9.31. The number of thioether (sulfide) groups is 1. The molecule has 0 saturated heterocycles. The number of nitrogens with zero attached hydrogens (tertiary/aromatic N) is 3. The fourth-order valence-electron chi connectivity index (χ4n) is 2.56. The number of nitrogens with one attached hydrogen (secondary N) is 1. The van der Waals surface area contributed by atoms with E-state index in [1.54, 1.807) is 11.8 Å². The molecule has 0 amide bonds. The van der Waals surface area contributed by atoms with Crippen molar-refractivity contribution in [2.24, 2.45) is 0 Å². The average molecular weight is 353 g/mol. The maximum atomic E-state index is 9.73. The normalized spacial score (nSPS) is 13.7. The maximum absolute atomic E-state index is 9.73. The lowest BCUT2D eigenvalue weighted by Gasteiger charge is -2.13. The number of benzene rings is 1. The molecule has 1 heterocycles. The topological polar surface area (TPSA) is 61.6 Å². The number of hydrogen-bond acceptors (Lipinski definition) is 5. The Labute approximate surface area is 154 Å². The van der Waals surface area contributed by atoms with Gasteiger partial charge in [0.25, 0.3) is 0 Å². The van der Waals surface area contributed by atoms with E-state index in [9.17, 15) is 5.26 Å². The van der Waals surface area contributed by atoms with E-state index >= 15 is 0 Å². The Balaban J connectivity index is 2.03. The molecule has 0 radical (unpaired) electrons. The van der Waals surface area contributed by atoms with E-state index < -0.39 is 0 Å². The average Bonchev–Trinajstić information content (AvgIpc) is 3.43. The summed E-state index contributed by atoms with van der Waals surface area (Å²) in [6, 6.07) is 11.1. The Bertz CT molecular complexity index is 774. The smallest absolute Gasteiger partial charge is 0.190 e. The molecule has 3 rings (SSSR count). The molecule has 1 aromatic heterocycles. The van der Waals surface area contributed by atoms with Gasteiger partial charge in [0.2, 0.25) is 0 Å². The standard InChI is InChI=1S/C20H24N4S/c1-4-11-25-20-23-18(15-7-5-14(6-8-15)13(2)3)17(12-21)19(24-20)22-16-9-10-16/h5-8,13,16H,4,9-11H2,1-3H3,(H,22,23,24). The quantitative estimate of drug-likeness (QED) is 0.547. The van der Waals surface area contributed by atoms with Crippen LogP contribution in [0.15, 0.2) is 29.4 Å². The molecule has 0 spiro atoms. The van der Waals surface area contributed by atoms with Crippen LogP contribution in [0.2, 0.25) is 0 Å². The summed E-state index contributed by atoms with van der Waals surface area (Å²) in [6.07, 6.45) is 3.35. The van der Waals surface area contributed by atoms with E-state index in [1.807, 2.05) is 0 Å². The van der Waals surface area contributed by atoms with Gasteiger partial charge in [-0.1, -0.05) is 56.8 Å². The first-order valence-corrected chi connectivity index (χ1v) is 9.92. The summed E-state index contributed by atoms with van der Waals surface area (Å²) in [5, 5.41) is 13.9. The molecule has 1 fully saturated rings. The number of aromatic nitrogens is 2. The molecule has 1 aliphatic rings. The Kier molecular flexibility index (Phi) is 5.60. The van der Waals surface area contributed by atoms with Crippen LogP contribution in [0.4, 0.5) is 5.82 Å². The third kappa shape index (κ3) is 4.32. The van der Waals surface area contributed by atoms with Crippen molar-refractivity contribution in [3.05, 3.63) is 35.4 Å². The second kappa shape index (κ2) is 7.88. The van der Waals surface area contributed by atoms with Crippen molar-refractivity contribution in [3.8, 4) is 17.3 Å². The zero-order valence-electron chi connectivity index (χ0n) is 15.0. The third-order valence-corrected chi connectivity index (χ3v) is 5.26. The molecule has 1 N–H and O–H groups in total. The van der Waals surface area contributed by atoms with Crippen LogP contribution in [0.5, 0.6) is 0 Å². The van der Waals surface area contributed by atoms with Gasteiger partial charge >= 0.3 is 0 Å². The van der Waals surface area contributed by atoms with Gasteiger partial charge in [-0.15, -0.1) is 0 Å². The zero-order chi connectivity index (χ0) is 17.8. The molecule has 4 nitrogen and oxygen atoms in total. The fourth-order valence-corrected chi connectivity index (χ4v) is 3.26. The SMILES string of the molecule is CCCSc1nc(NC2CC2)c(C#N)c(-c2ccc(C(C)C)cc2)n1. The van der Waals surface area contributed by atoms with Gasteiger partial charge in [0.05, 0.1) is 5.69 Å². The third-order valence-electron chi connectivity index (χ3n) is 4.20. The van der Waals surface area contributed by atoms with Gasteiger partial charge in [-0.25, -0.2) is 9.97 Å². The molecule has 0 unspecified atom stereocenters. The predicted molar refractivity (Wildman–Crippen MR) is 104 cm³/mol. The Morgan fingerprint density at radius 2 is 1.96 bits per heavy atom. The summed E-state index contributed by atoms with van der Waals surface area (Å²) in [5.41, 5.74) is 3.54. The molecule has 0 aliphatic heterocycles. The summed E-state index contributed by atoms with van der Waals surface area (Å²) in [6.45, 7) is 6.50. The van der Waals surface area contributed by atoms with E-state index in [2.05, 4.69) is 61.4 Å². The van der Waals surface area contributed by atoms with E-state index in [1.165, 1.54) is 5.56 Å². The van der Waals surface area contributed by atoms with Crippen LogP contribution in [-0.2, 0) is 0 Å². The van der Waals surface area contributed by atoms with E-state index in [0.29, 0.717) is 23.3 Å². The molecule has 1 aliphatic carbocycles. The van der Waals surface area contributed by atoms with Crippen LogP contribution in [0.1, 0.15) is 57.1 Å². The number of nitriles is 1. The van der Waals surface area contributed by atoms with Gasteiger partial charge < -0.3 is 5.32 Å². The maximum Gasteiger partial charge on any atom is 0.190 e. The van der Waals surface area contributed by atoms with E-state index in [-0.39, 0.29) is 0 Å². The first-order chi connectivity index (χ1) is 12.1. The predicted octanol–water partition coefficient (Wildman–Crippen LogP) is 5.22. The van der Waals surface area contributed by atoms with Gasteiger partial charge in [0, 0.05) is 17.4 Å². The molecule has 1 aromatic carbocycles. The minimum atomic E-state index is 0.446. The number of rotatable bonds is 7.